The summed E-state index contributed by atoms with van der Waals surface area (Å²) in [6, 6.07) is 7.12. The van der Waals surface area contributed by atoms with Crippen LogP contribution in [0.3, 0.4) is 0 Å². The molecule has 0 heterocycles. The van der Waals surface area contributed by atoms with Crippen LogP contribution in [0.1, 0.15) is 0 Å². The van der Waals surface area contributed by atoms with Gasteiger partial charge >= 0.3 is 0 Å². The van der Waals surface area contributed by atoms with E-state index in [0.29, 0.717) is 17.3 Å². The zero-order chi connectivity index (χ0) is 11.1. The number of aliphatic hydroxyl groups excluding tert-OH is 1. The number of aliphatic hydroxyl groups is 1. The van der Waals surface area contributed by atoms with Gasteiger partial charge in [0.1, 0.15) is 18.5 Å². The first-order chi connectivity index (χ1) is 7.24. The molecule has 0 saturated heterocycles. The minimum Gasteiger partial charge on any atom is -0.489 e. The zero-order valence-corrected chi connectivity index (χ0v) is 9.20. The van der Waals surface area contributed by atoms with Crippen molar-refractivity contribution in [2.75, 3.05) is 20.3 Å². The molecule has 0 aliphatic heterocycles. The lowest BCUT2D eigenvalue weighted by molar-refractivity contribution is 0.0322. The molecule has 1 rings (SSSR count). The van der Waals surface area contributed by atoms with Crippen LogP contribution in [-0.2, 0) is 4.84 Å². The summed E-state index contributed by atoms with van der Waals surface area (Å²) in [6.45, 7) is 0.473. The minimum absolute atomic E-state index is 0.167. The number of hydrogen-bond acceptors (Lipinski definition) is 4. The van der Waals surface area contributed by atoms with Crippen molar-refractivity contribution in [2.45, 2.75) is 6.10 Å². The zero-order valence-electron chi connectivity index (χ0n) is 8.44. The molecule has 1 aromatic rings. The van der Waals surface area contributed by atoms with Gasteiger partial charge in [-0.2, -0.15) is 0 Å². The Bertz CT molecular complexity index is 296. The summed E-state index contributed by atoms with van der Waals surface area (Å²) in [7, 11) is 1.49. The van der Waals surface area contributed by atoms with E-state index >= 15 is 0 Å². The molecule has 0 amide bonds. The van der Waals surface area contributed by atoms with E-state index in [2.05, 4.69) is 10.3 Å². The summed E-state index contributed by atoms with van der Waals surface area (Å²) >= 11 is 5.87. The molecule has 0 aromatic heterocycles. The van der Waals surface area contributed by atoms with Crippen molar-refractivity contribution in [1.29, 1.82) is 0 Å². The highest BCUT2D eigenvalue weighted by molar-refractivity contribution is 6.32. The molecular weight excluding hydrogens is 218 g/mol. The van der Waals surface area contributed by atoms with Gasteiger partial charge < -0.3 is 14.7 Å². The van der Waals surface area contributed by atoms with E-state index < -0.39 is 6.10 Å². The summed E-state index contributed by atoms with van der Waals surface area (Å²) < 4.78 is 5.32. The van der Waals surface area contributed by atoms with E-state index in [1.807, 2.05) is 12.1 Å². The van der Waals surface area contributed by atoms with E-state index in [1.54, 1.807) is 12.1 Å². The SMILES string of the molecule is CONCC(O)COc1ccccc1Cl. The largest absolute Gasteiger partial charge is 0.489 e. The van der Waals surface area contributed by atoms with Crippen molar-refractivity contribution in [1.82, 2.24) is 5.48 Å². The third-order valence-corrected chi connectivity index (χ3v) is 2.04. The summed E-state index contributed by atoms with van der Waals surface area (Å²) in [6.07, 6.45) is -0.638. The van der Waals surface area contributed by atoms with Crippen LogP contribution in [0, 0.1) is 0 Å². The van der Waals surface area contributed by atoms with Crippen LogP contribution in [0.4, 0.5) is 0 Å². The van der Waals surface area contributed by atoms with Gasteiger partial charge in [0.25, 0.3) is 0 Å². The first-order valence-corrected chi connectivity index (χ1v) is 4.93. The normalized spacial score (nSPS) is 12.5. The Morgan fingerprint density at radius 3 is 2.87 bits per heavy atom. The molecule has 0 bridgehead atoms. The van der Waals surface area contributed by atoms with E-state index in [1.165, 1.54) is 7.11 Å². The molecular formula is C10H14ClNO3. The van der Waals surface area contributed by atoms with Gasteiger partial charge in [-0.3, -0.25) is 0 Å². The molecule has 5 heteroatoms. The van der Waals surface area contributed by atoms with Crippen LogP contribution in [0.15, 0.2) is 24.3 Å². The van der Waals surface area contributed by atoms with Gasteiger partial charge in [0.05, 0.1) is 18.7 Å². The van der Waals surface area contributed by atoms with Crippen molar-refractivity contribution >= 4 is 11.6 Å². The molecule has 4 nitrogen and oxygen atoms in total. The molecule has 0 spiro atoms. The van der Waals surface area contributed by atoms with Crippen LogP contribution >= 0.6 is 11.6 Å². The summed E-state index contributed by atoms with van der Waals surface area (Å²) in [5, 5.41) is 9.95. The van der Waals surface area contributed by atoms with Crippen LogP contribution in [0.25, 0.3) is 0 Å². The molecule has 1 aromatic carbocycles. The van der Waals surface area contributed by atoms with Crippen molar-refractivity contribution in [3.8, 4) is 5.75 Å². The fourth-order valence-corrected chi connectivity index (χ4v) is 1.18. The molecule has 2 N–H and O–H groups in total. The molecule has 1 atom stereocenters. The monoisotopic (exact) mass is 231 g/mol. The second kappa shape index (κ2) is 6.63. The average molecular weight is 232 g/mol. The lowest BCUT2D eigenvalue weighted by Crippen LogP contribution is -2.30. The number of ether oxygens (including phenoxy) is 1. The Balaban J connectivity index is 2.33. The van der Waals surface area contributed by atoms with E-state index in [-0.39, 0.29) is 6.61 Å². The number of benzene rings is 1. The van der Waals surface area contributed by atoms with Crippen LogP contribution < -0.4 is 10.2 Å². The fourth-order valence-electron chi connectivity index (χ4n) is 0.986. The van der Waals surface area contributed by atoms with Gasteiger partial charge in [0, 0.05) is 0 Å². The number of hydroxylamine groups is 1. The molecule has 84 valence electrons. The maximum atomic E-state index is 9.42. The predicted molar refractivity (Wildman–Crippen MR) is 58.0 cm³/mol. The first kappa shape index (κ1) is 12.3. The number of halogens is 1. The molecule has 1 unspecified atom stereocenters. The molecule has 0 saturated carbocycles. The highest BCUT2D eigenvalue weighted by Gasteiger charge is 2.06. The average Bonchev–Trinajstić information content (AvgIpc) is 2.25. The molecule has 15 heavy (non-hydrogen) atoms. The maximum absolute atomic E-state index is 9.42. The van der Waals surface area contributed by atoms with Gasteiger partial charge in [-0.25, -0.2) is 5.48 Å². The summed E-state index contributed by atoms with van der Waals surface area (Å²) in [5.74, 6) is 0.565. The van der Waals surface area contributed by atoms with Crippen LogP contribution in [0.2, 0.25) is 5.02 Å². The van der Waals surface area contributed by atoms with Gasteiger partial charge in [-0.05, 0) is 12.1 Å². The third kappa shape index (κ3) is 4.48. The molecule has 0 fully saturated rings. The molecule has 0 aliphatic carbocycles. The lowest BCUT2D eigenvalue weighted by atomic mass is 10.3. The second-order valence-corrected chi connectivity index (χ2v) is 3.36. The standard InChI is InChI=1S/C10H14ClNO3/c1-14-12-6-8(13)7-15-10-5-3-2-4-9(10)11/h2-5,8,12-13H,6-7H2,1H3. The van der Waals surface area contributed by atoms with Crippen LogP contribution in [-0.4, -0.2) is 31.5 Å². The van der Waals surface area contributed by atoms with Crippen molar-refractivity contribution in [2.24, 2.45) is 0 Å². The lowest BCUT2D eigenvalue weighted by Gasteiger charge is -2.12. The van der Waals surface area contributed by atoms with Crippen molar-refractivity contribution < 1.29 is 14.7 Å². The number of hydrogen-bond donors (Lipinski definition) is 2. The quantitative estimate of drug-likeness (QED) is 0.724. The van der Waals surface area contributed by atoms with Gasteiger partial charge in [-0.1, -0.05) is 23.7 Å². The highest BCUT2D eigenvalue weighted by atomic mass is 35.5. The number of rotatable bonds is 6. The van der Waals surface area contributed by atoms with E-state index in [4.69, 9.17) is 16.3 Å². The third-order valence-electron chi connectivity index (χ3n) is 1.73. The predicted octanol–water partition coefficient (Wildman–Crippen LogP) is 1.23. The smallest absolute Gasteiger partial charge is 0.138 e. The van der Waals surface area contributed by atoms with Crippen LogP contribution in [0.5, 0.6) is 5.75 Å². The first-order valence-electron chi connectivity index (χ1n) is 4.55. The Labute approximate surface area is 93.7 Å². The fraction of sp³-hybridized carbons (Fsp3) is 0.400. The summed E-state index contributed by atoms with van der Waals surface area (Å²) in [5.41, 5.74) is 2.54. The van der Waals surface area contributed by atoms with Gasteiger partial charge in [-0.15, -0.1) is 0 Å². The van der Waals surface area contributed by atoms with E-state index in [0.717, 1.165) is 0 Å². The molecule has 0 radical (unpaired) electrons. The molecule has 0 aliphatic rings. The maximum Gasteiger partial charge on any atom is 0.138 e. The Morgan fingerprint density at radius 1 is 1.47 bits per heavy atom. The van der Waals surface area contributed by atoms with Gasteiger partial charge in [0.15, 0.2) is 0 Å². The van der Waals surface area contributed by atoms with E-state index in [9.17, 15) is 5.11 Å². The highest BCUT2D eigenvalue weighted by Crippen LogP contribution is 2.22. The Hall–Kier alpha value is -0.810. The number of nitrogens with one attached hydrogen (secondary N) is 1. The second-order valence-electron chi connectivity index (χ2n) is 2.95. The minimum atomic E-state index is -0.638. The Morgan fingerprint density at radius 2 is 2.20 bits per heavy atom. The summed E-state index contributed by atoms with van der Waals surface area (Å²) in [4.78, 5) is 4.60. The topological polar surface area (TPSA) is 50.7 Å². The van der Waals surface area contributed by atoms with Crippen molar-refractivity contribution in [3.63, 3.8) is 0 Å². The Kier molecular flexibility index (Phi) is 5.42. The van der Waals surface area contributed by atoms with Crippen molar-refractivity contribution in [3.05, 3.63) is 29.3 Å². The number of para-hydroxylation sites is 1. The van der Waals surface area contributed by atoms with Gasteiger partial charge in [0.2, 0.25) is 0 Å².